The quantitative estimate of drug-likeness (QED) is 0.908. The molecule has 0 aliphatic heterocycles. The largest absolute Gasteiger partial charge is 0.496 e. The van der Waals surface area contributed by atoms with Gasteiger partial charge in [0.15, 0.2) is 5.82 Å². The minimum absolute atomic E-state index is 0.480. The second kappa shape index (κ2) is 4.53. The van der Waals surface area contributed by atoms with E-state index in [9.17, 15) is 0 Å². The van der Waals surface area contributed by atoms with Crippen LogP contribution in [0.4, 0.5) is 5.82 Å². The number of ether oxygens (including phenoxy) is 1. The summed E-state index contributed by atoms with van der Waals surface area (Å²) in [5, 5.41) is 4.90. The molecule has 0 saturated carbocycles. The molecule has 0 saturated heterocycles. The van der Waals surface area contributed by atoms with Crippen molar-refractivity contribution in [2.45, 2.75) is 13.8 Å². The van der Waals surface area contributed by atoms with Crippen LogP contribution in [0.25, 0.3) is 11.1 Å². The summed E-state index contributed by atoms with van der Waals surface area (Å²) in [5.41, 5.74) is 9.65. The third-order valence-electron chi connectivity index (χ3n) is 3.11. The molecule has 5 heteroatoms. The molecule has 4 nitrogen and oxygen atoms in total. The smallest absolute Gasteiger partial charge is 0.153 e. The van der Waals surface area contributed by atoms with Crippen LogP contribution in [0.2, 0.25) is 5.02 Å². The van der Waals surface area contributed by atoms with E-state index in [1.54, 1.807) is 11.8 Å². The molecule has 2 aromatic rings. The zero-order valence-electron chi connectivity index (χ0n) is 10.9. The van der Waals surface area contributed by atoms with Crippen molar-refractivity contribution in [3.8, 4) is 16.9 Å². The van der Waals surface area contributed by atoms with Crippen LogP contribution in [0.15, 0.2) is 12.1 Å². The molecule has 0 aliphatic rings. The van der Waals surface area contributed by atoms with Crippen LogP contribution in [-0.4, -0.2) is 16.9 Å². The molecule has 0 unspecified atom stereocenters. The first-order valence-electron chi connectivity index (χ1n) is 5.59. The van der Waals surface area contributed by atoms with E-state index < -0.39 is 0 Å². The first-order valence-corrected chi connectivity index (χ1v) is 5.97. The Morgan fingerprint density at radius 1 is 1.33 bits per heavy atom. The molecule has 0 bridgehead atoms. The van der Waals surface area contributed by atoms with Gasteiger partial charge in [0.25, 0.3) is 0 Å². The fourth-order valence-corrected chi connectivity index (χ4v) is 2.15. The van der Waals surface area contributed by atoms with Gasteiger partial charge in [-0.25, -0.2) is 0 Å². The molecule has 0 spiro atoms. The summed E-state index contributed by atoms with van der Waals surface area (Å²) in [6.45, 7) is 3.90. The molecular formula is C13H16ClN3O. The normalized spacial score (nSPS) is 10.7. The van der Waals surface area contributed by atoms with Crippen LogP contribution < -0.4 is 10.5 Å². The maximum atomic E-state index is 6.18. The van der Waals surface area contributed by atoms with E-state index in [4.69, 9.17) is 22.1 Å². The number of nitrogens with two attached hydrogens (primary N) is 1. The average molecular weight is 266 g/mol. The van der Waals surface area contributed by atoms with Crippen LogP contribution in [-0.2, 0) is 7.05 Å². The number of rotatable bonds is 2. The van der Waals surface area contributed by atoms with E-state index in [0.717, 1.165) is 28.1 Å². The molecule has 18 heavy (non-hydrogen) atoms. The second-order valence-electron chi connectivity index (χ2n) is 4.27. The molecule has 2 N–H and O–H groups in total. The number of nitrogens with zero attached hydrogens (tertiary/aromatic N) is 2. The summed E-state index contributed by atoms with van der Waals surface area (Å²) >= 11 is 6.18. The van der Waals surface area contributed by atoms with Crippen molar-refractivity contribution in [1.82, 2.24) is 9.78 Å². The van der Waals surface area contributed by atoms with Crippen LogP contribution in [0, 0.1) is 13.8 Å². The predicted octanol–water partition coefficient (Wildman–Crippen LogP) is 2.95. The SMILES string of the molecule is COc1cc(C)c(Cl)cc1-c1c(N)nn(C)c1C. The van der Waals surface area contributed by atoms with Crippen molar-refractivity contribution < 1.29 is 4.74 Å². The van der Waals surface area contributed by atoms with Gasteiger partial charge in [-0.2, -0.15) is 5.10 Å². The molecule has 0 radical (unpaired) electrons. The molecule has 1 heterocycles. The van der Waals surface area contributed by atoms with Gasteiger partial charge in [0.1, 0.15) is 5.75 Å². The van der Waals surface area contributed by atoms with Crippen LogP contribution in [0.1, 0.15) is 11.3 Å². The van der Waals surface area contributed by atoms with E-state index in [1.165, 1.54) is 0 Å². The Morgan fingerprint density at radius 3 is 2.50 bits per heavy atom. The average Bonchev–Trinajstić information content (AvgIpc) is 2.57. The minimum Gasteiger partial charge on any atom is -0.496 e. The maximum absolute atomic E-state index is 6.18. The highest BCUT2D eigenvalue weighted by Crippen LogP contribution is 2.38. The lowest BCUT2D eigenvalue weighted by Crippen LogP contribution is -1.94. The molecule has 0 aliphatic carbocycles. The fraction of sp³-hybridized carbons (Fsp3) is 0.308. The lowest BCUT2D eigenvalue weighted by Gasteiger charge is -2.11. The number of hydrogen-bond donors (Lipinski definition) is 1. The molecule has 1 aromatic carbocycles. The van der Waals surface area contributed by atoms with E-state index >= 15 is 0 Å². The number of methoxy groups -OCH3 is 1. The summed E-state index contributed by atoms with van der Waals surface area (Å²) < 4.78 is 7.15. The Labute approximate surface area is 111 Å². The van der Waals surface area contributed by atoms with E-state index in [2.05, 4.69) is 5.10 Å². The number of benzene rings is 1. The Morgan fingerprint density at radius 2 is 2.00 bits per heavy atom. The van der Waals surface area contributed by atoms with Crippen molar-refractivity contribution in [3.05, 3.63) is 28.4 Å². The van der Waals surface area contributed by atoms with E-state index in [0.29, 0.717) is 10.8 Å². The molecule has 2 rings (SSSR count). The molecule has 1 aromatic heterocycles. The zero-order chi connectivity index (χ0) is 13.4. The Kier molecular flexibility index (Phi) is 3.22. The summed E-state index contributed by atoms with van der Waals surface area (Å²) in [6, 6.07) is 3.78. The summed E-state index contributed by atoms with van der Waals surface area (Å²) in [7, 11) is 3.49. The summed E-state index contributed by atoms with van der Waals surface area (Å²) in [5.74, 6) is 1.23. The third-order valence-corrected chi connectivity index (χ3v) is 3.52. The highest BCUT2D eigenvalue weighted by Gasteiger charge is 2.17. The van der Waals surface area contributed by atoms with Crippen LogP contribution in [0.3, 0.4) is 0 Å². The van der Waals surface area contributed by atoms with Gasteiger partial charge in [-0.3, -0.25) is 4.68 Å². The Hall–Kier alpha value is -1.68. The molecular weight excluding hydrogens is 250 g/mol. The number of aryl methyl sites for hydroxylation is 2. The highest BCUT2D eigenvalue weighted by molar-refractivity contribution is 6.31. The van der Waals surface area contributed by atoms with Gasteiger partial charge < -0.3 is 10.5 Å². The van der Waals surface area contributed by atoms with Gasteiger partial charge in [-0.05, 0) is 31.5 Å². The lowest BCUT2D eigenvalue weighted by atomic mass is 10.0. The molecule has 0 atom stereocenters. The van der Waals surface area contributed by atoms with Crippen molar-refractivity contribution >= 4 is 17.4 Å². The number of anilines is 1. The molecule has 96 valence electrons. The van der Waals surface area contributed by atoms with Gasteiger partial charge in [0.2, 0.25) is 0 Å². The first kappa shape index (κ1) is 12.8. The van der Waals surface area contributed by atoms with Gasteiger partial charge in [-0.1, -0.05) is 11.6 Å². The topological polar surface area (TPSA) is 53.1 Å². The van der Waals surface area contributed by atoms with Gasteiger partial charge in [0, 0.05) is 23.3 Å². The van der Waals surface area contributed by atoms with Crippen molar-refractivity contribution in [1.29, 1.82) is 0 Å². The van der Waals surface area contributed by atoms with Crippen molar-refractivity contribution in [2.75, 3.05) is 12.8 Å². The number of nitrogen functional groups attached to an aromatic ring is 1. The van der Waals surface area contributed by atoms with Gasteiger partial charge >= 0.3 is 0 Å². The third kappa shape index (κ3) is 1.93. The fourth-order valence-electron chi connectivity index (χ4n) is 1.99. The number of aromatic nitrogens is 2. The summed E-state index contributed by atoms with van der Waals surface area (Å²) in [6.07, 6.45) is 0. The van der Waals surface area contributed by atoms with E-state index in [-0.39, 0.29) is 0 Å². The molecule has 0 fully saturated rings. The zero-order valence-corrected chi connectivity index (χ0v) is 11.7. The Bertz CT molecular complexity index is 605. The second-order valence-corrected chi connectivity index (χ2v) is 4.68. The highest BCUT2D eigenvalue weighted by atomic mass is 35.5. The van der Waals surface area contributed by atoms with Crippen LogP contribution >= 0.6 is 11.6 Å². The number of hydrogen-bond acceptors (Lipinski definition) is 3. The van der Waals surface area contributed by atoms with E-state index in [1.807, 2.05) is 33.0 Å². The first-order chi connectivity index (χ1) is 8.45. The van der Waals surface area contributed by atoms with Crippen molar-refractivity contribution in [3.63, 3.8) is 0 Å². The maximum Gasteiger partial charge on any atom is 0.153 e. The van der Waals surface area contributed by atoms with Crippen molar-refractivity contribution in [2.24, 2.45) is 7.05 Å². The Balaban J connectivity index is 2.74. The van der Waals surface area contributed by atoms with Gasteiger partial charge in [-0.15, -0.1) is 0 Å². The predicted molar refractivity (Wildman–Crippen MR) is 74.1 cm³/mol. The lowest BCUT2D eigenvalue weighted by molar-refractivity contribution is 0.416. The van der Waals surface area contributed by atoms with Gasteiger partial charge in [0.05, 0.1) is 12.7 Å². The minimum atomic E-state index is 0.480. The monoisotopic (exact) mass is 265 g/mol. The number of halogens is 1. The standard InChI is InChI=1S/C13H16ClN3O/c1-7-5-11(18-4)9(6-10(7)14)12-8(2)17(3)16-13(12)15/h5-6H,1-4H3,(H2,15,16). The summed E-state index contributed by atoms with van der Waals surface area (Å²) in [4.78, 5) is 0. The van der Waals surface area contributed by atoms with Crippen LogP contribution in [0.5, 0.6) is 5.75 Å². The molecule has 0 amide bonds.